The molecule has 4 nitrogen and oxygen atoms in total. The normalized spacial score (nSPS) is 10.5. The Bertz CT molecular complexity index is 595. The third-order valence-corrected chi connectivity index (χ3v) is 3.13. The molecule has 2 aromatic rings. The number of unbranched alkanes of at least 4 members (excludes halogenated alkanes) is 1. The highest BCUT2D eigenvalue weighted by Crippen LogP contribution is 2.22. The van der Waals surface area contributed by atoms with Crippen molar-refractivity contribution in [1.82, 2.24) is 10.3 Å². The van der Waals surface area contributed by atoms with Crippen molar-refractivity contribution < 1.29 is 4.79 Å². The van der Waals surface area contributed by atoms with Gasteiger partial charge in [0.05, 0.1) is 0 Å². The van der Waals surface area contributed by atoms with Crippen molar-refractivity contribution in [2.75, 3.05) is 18.4 Å². The van der Waals surface area contributed by atoms with Crippen molar-refractivity contribution in [3.05, 3.63) is 36.0 Å². The molecule has 0 aliphatic rings. The largest absolute Gasteiger partial charge is 0.370 e. The number of fused-ring (bicyclic) bond motifs is 1. The highest BCUT2D eigenvalue weighted by atomic mass is 16.1. The van der Waals surface area contributed by atoms with Crippen molar-refractivity contribution in [2.24, 2.45) is 0 Å². The van der Waals surface area contributed by atoms with Crippen LogP contribution < -0.4 is 10.6 Å². The standard InChI is InChI=1S/C16H21N3O/c1-3-5-10-18-16(20)14-11-12-8-6-7-9-13(12)15(19-14)17-4-2/h6-9,11H,3-5,10H2,1-2H3,(H,17,19)(H,18,20). The summed E-state index contributed by atoms with van der Waals surface area (Å²) in [5.41, 5.74) is 0.468. The third-order valence-electron chi connectivity index (χ3n) is 3.13. The second-order valence-corrected chi connectivity index (χ2v) is 4.72. The zero-order valence-corrected chi connectivity index (χ0v) is 12.1. The topological polar surface area (TPSA) is 54.0 Å². The van der Waals surface area contributed by atoms with Gasteiger partial charge in [-0.3, -0.25) is 4.79 Å². The monoisotopic (exact) mass is 271 g/mol. The minimum atomic E-state index is -0.108. The first-order chi connectivity index (χ1) is 9.76. The Hall–Kier alpha value is -2.10. The molecule has 4 heteroatoms. The van der Waals surface area contributed by atoms with Gasteiger partial charge in [-0.2, -0.15) is 0 Å². The van der Waals surface area contributed by atoms with Gasteiger partial charge in [-0.1, -0.05) is 37.6 Å². The van der Waals surface area contributed by atoms with E-state index in [1.165, 1.54) is 0 Å². The van der Waals surface area contributed by atoms with Gasteiger partial charge in [0, 0.05) is 18.5 Å². The Balaban J connectivity index is 2.31. The van der Waals surface area contributed by atoms with Crippen molar-refractivity contribution in [1.29, 1.82) is 0 Å². The summed E-state index contributed by atoms with van der Waals surface area (Å²) in [7, 11) is 0. The lowest BCUT2D eigenvalue weighted by Gasteiger charge is -2.10. The molecule has 0 radical (unpaired) electrons. The Morgan fingerprint density at radius 3 is 2.80 bits per heavy atom. The maximum Gasteiger partial charge on any atom is 0.269 e. The lowest BCUT2D eigenvalue weighted by atomic mass is 10.1. The lowest BCUT2D eigenvalue weighted by molar-refractivity contribution is 0.0948. The molecule has 20 heavy (non-hydrogen) atoms. The summed E-state index contributed by atoms with van der Waals surface area (Å²) in [4.78, 5) is 16.6. The van der Waals surface area contributed by atoms with Gasteiger partial charge in [-0.25, -0.2) is 4.98 Å². The smallest absolute Gasteiger partial charge is 0.269 e. The lowest BCUT2D eigenvalue weighted by Crippen LogP contribution is -2.25. The molecule has 0 aliphatic carbocycles. The fourth-order valence-corrected chi connectivity index (χ4v) is 2.09. The summed E-state index contributed by atoms with van der Waals surface area (Å²) in [5, 5.41) is 8.19. The summed E-state index contributed by atoms with van der Waals surface area (Å²) in [6, 6.07) is 9.81. The number of anilines is 1. The number of aromatic nitrogens is 1. The average molecular weight is 271 g/mol. The maximum atomic E-state index is 12.1. The molecule has 0 aliphatic heterocycles. The molecule has 0 fully saturated rings. The van der Waals surface area contributed by atoms with Crippen LogP contribution in [0.3, 0.4) is 0 Å². The Kier molecular flexibility index (Phi) is 4.93. The van der Waals surface area contributed by atoms with Gasteiger partial charge in [0.25, 0.3) is 5.91 Å². The number of hydrogen-bond acceptors (Lipinski definition) is 3. The van der Waals surface area contributed by atoms with Crippen molar-refractivity contribution in [2.45, 2.75) is 26.7 Å². The second kappa shape index (κ2) is 6.89. The molecule has 0 spiro atoms. The molecule has 0 unspecified atom stereocenters. The van der Waals surface area contributed by atoms with Gasteiger partial charge in [0.2, 0.25) is 0 Å². The molecule has 1 heterocycles. The molecule has 2 N–H and O–H groups in total. The summed E-state index contributed by atoms with van der Waals surface area (Å²) in [6.07, 6.45) is 2.05. The van der Waals surface area contributed by atoms with Crippen LogP contribution in [0.2, 0.25) is 0 Å². The molecule has 0 saturated carbocycles. The number of hydrogen-bond donors (Lipinski definition) is 2. The van der Waals surface area contributed by atoms with Crippen molar-refractivity contribution in [3.63, 3.8) is 0 Å². The molecule has 0 atom stereocenters. The molecular formula is C16H21N3O. The van der Waals surface area contributed by atoms with Crippen LogP contribution in [0.1, 0.15) is 37.2 Å². The number of carbonyl (C=O) groups excluding carboxylic acids is 1. The van der Waals surface area contributed by atoms with E-state index in [0.717, 1.165) is 36.0 Å². The molecule has 2 rings (SSSR count). The van der Waals surface area contributed by atoms with Crippen LogP contribution in [-0.4, -0.2) is 24.0 Å². The van der Waals surface area contributed by atoms with Crippen LogP contribution in [0.25, 0.3) is 10.8 Å². The Morgan fingerprint density at radius 1 is 1.25 bits per heavy atom. The van der Waals surface area contributed by atoms with Crippen LogP contribution in [0.4, 0.5) is 5.82 Å². The van der Waals surface area contributed by atoms with Gasteiger partial charge in [0.15, 0.2) is 0 Å². The van der Waals surface area contributed by atoms with E-state index in [4.69, 9.17) is 0 Å². The highest BCUT2D eigenvalue weighted by Gasteiger charge is 2.11. The fraction of sp³-hybridized carbons (Fsp3) is 0.375. The van der Waals surface area contributed by atoms with Gasteiger partial charge in [0.1, 0.15) is 11.5 Å². The van der Waals surface area contributed by atoms with E-state index in [1.54, 1.807) is 0 Å². The van der Waals surface area contributed by atoms with E-state index in [1.807, 2.05) is 37.3 Å². The fourth-order valence-electron chi connectivity index (χ4n) is 2.09. The van der Waals surface area contributed by atoms with E-state index in [0.29, 0.717) is 12.2 Å². The molecule has 1 aromatic carbocycles. The van der Waals surface area contributed by atoms with Crippen LogP contribution in [0.15, 0.2) is 30.3 Å². The van der Waals surface area contributed by atoms with Crippen LogP contribution >= 0.6 is 0 Å². The molecule has 0 bridgehead atoms. The van der Waals surface area contributed by atoms with Crippen LogP contribution in [0.5, 0.6) is 0 Å². The molecule has 1 aromatic heterocycles. The van der Waals surface area contributed by atoms with Crippen LogP contribution in [-0.2, 0) is 0 Å². The van der Waals surface area contributed by atoms with Crippen molar-refractivity contribution in [3.8, 4) is 0 Å². The summed E-state index contributed by atoms with van der Waals surface area (Å²) < 4.78 is 0. The minimum absolute atomic E-state index is 0.108. The number of nitrogens with zero attached hydrogens (tertiary/aromatic N) is 1. The summed E-state index contributed by atoms with van der Waals surface area (Å²) in [6.45, 7) is 5.59. The van der Waals surface area contributed by atoms with Gasteiger partial charge < -0.3 is 10.6 Å². The van der Waals surface area contributed by atoms with Crippen LogP contribution in [0, 0.1) is 0 Å². The first-order valence-corrected chi connectivity index (χ1v) is 7.18. The second-order valence-electron chi connectivity index (χ2n) is 4.72. The van der Waals surface area contributed by atoms with E-state index in [-0.39, 0.29) is 5.91 Å². The predicted molar refractivity (Wildman–Crippen MR) is 83.1 cm³/mol. The van der Waals surface area contributed by atoms with Gasteiger partial charge in [-0.15, -0.1) is 0 Å². The Morgan fingerprint density at radius 2 is 2.05 bits per heavy atom. The number of nitrogens with one attached hydrogen (secondary N) is 2. The van der Waals surface area contributed by atoms with E-state index in [9.17, 15) is 4.79 Å². The Labute approximate surface area is 119 Å². The zero-order valence-electron chi connectivity index (χ0n) is 12.1. The SMILES string of the molecule is CCCCNC(=O)c1cc2ccccc2c(NCC)n1. The number of amides is 1. The first kappa shape index (κ1) is 14.3. The quantitative estimate of drug-likeness (QED) is 0.793. The van der Waals surface area contributed by atoms with Crippen molar-refractivity contribution >= 4 is 22.5 Å². The first-order valence-electron chi connectivity index (χ1n) is 7.18. The van der Waals surface area contributed by atoms with E-state index >= 15 is 0 Å². The van der Waals surface area contributed by atoms with E-state index in [2.05, 4.69) is 22.5 Å². The van der Waals surface area contributed by atoms with Gasteiger partial charge >= 0.3 is 0 Å². The summed E-state index contributed by atoms with van der Waals surface area (Å²) in [5.74, 6) is 0.662. The number of rotatable bonds is 6. The third kappa shape index (κ3) is 3.26. The molecule has 106 valence electrons. The highest BCUT2D eigenvalue weighted by molar-refractivity contribution is 6.00. The van der Waals surface area contributed by atoms with E-state index < -0.39 is 0 Å². The minimum Gasteiger partial charge on any atom is -0.370 e. The number of carbonyl (C=O) groups is 1. The maximum absolute atomic E-state index is 12.1. The average Bonchev–Trinajstić information content (AvgIpc) is 2.47. The summed E-state index contributed by atoms with van der Waals surface area (Å²) >= 11 is 0. The predicted octanol–water partition coefficient (Wildman–Crippen LogP) is 3.20. The van der Waals surface area contributed by atoms with Gasteiger partial charge in [-0.05, 0) is 24.8 Å². The number of pyridine rings is 1. The molecule has 0 saturated heterocycles. The molecule has 1 amide bonds. The zero-order chi connectivity index (χ0) is 14.4. The molecular weight excluding hydrogens is 250 g/mol. The number of benzene rings is 1.